The Morgan fingerprint density at radius 2 is 2.25 bits per heavy atom. The zero-order valence-corrected chi connectivity index (χ0v) is 11.9. The minimum Gasteiger partial charge on any atom is -0.370 e. The van der Waals surface area contributed by atoms with Crippen molar-refractivity contribution in [3.63, 3.8) is 0 Å². The number of benzene rings is 1. The minimum absolute atomic E-state index is 0.0685. The normalized spacial score (nSPS) is 14.9. The highest BCUT2D eigenvalue weighted by atomic mass is 16.1. The van der Waals surface area contributed by atoms with Gasteiger partial charge in [0.25, 0.3) is 0 Å². The lowest BCUT2D eigenvalue weighted by molar-refractivity contribution is -0.119. The first-order valence-corrected chi connectivity index (χ1v) is 7.10. The van der Waals surface area contributed by atoms with Gasteiger partial charge in [-0.15, -0.1) is 0 Å². The lowest BCUT2D eigenvalue weighted by Gasteiger charge is -2.07. The molecule has 1 fully saturated rings. The molecule has 5 nitrogen and oxygen atoms in total. The summed E-state index contributed by atoms with van der Waals surface area (Å²) in [7, 11) is 0. The molecule has 5 heteroatoms. The van der Waals surface area contributed by atoms with Gasteiger partial charge in [0.2, 0.25) is 5.91 Å². The summed E-state index contributed by atoms with van der Waals surface area (Å²) in [4.78, 5) is 15.6. The van der Waals surface area contributed by atoms with Crippen molar-refractivity contribution in [1.82, 2.24) is 5.32 Å². The molecule has 0 saturated heterocycles. The number of nitrogens with one attached hydrogen (secondary N) is 2. The molecule has 1 aliphatic rings. The van der Waals surface area contributed by atoms with Crippen molar-refractivity contribution in [2.75, 3.05) is 18.4 Å². The lowest BCUT2D eigenvalue weighted by atomic mass is 10.1. The molecule has 0 unspecified atom stereocenters. The van der Waals surface area contributed by atoms with E-state index in [1.165, 1.54) is 18.4 Å². The maximum atomic E-state index is 11.5. The van der Waals surface area contributed by atoms with Gasteiger partial charge in [-0.05, 0) is 42.9 Å². The van der Waals surface area contributed by atoms with Crippen LogP contribution in [-0.4, -0.2) is 25.0 Å². The van der Waals surface area contributed by atoms with E-state index in [9.17, 15) is 4.79 Å². The van der Waals surface area contributed by atoms with Crippen molar-refractivity contribution in [3.8, 4) is 0 Å². The van der Waals surface area contributed by atoms with Crippen LogP contribution in [0.3, 0.4) is 0 Å². The summed E-state index contributed by atoms with van der Waals surface area (Å²) in [6.07, 6.45) is 3.41. The van der Waals surface area contributed by atoms with E-state index in [1.807, 2.05) is 18.2 Å². The number of carbonyl (C=O) groups excluding carboxylic acids is 1. The van der Waals surface area contributed by atoms with E-state index in [1.54, 1.807) is 0 Å². The highest BCUT2D eigenvalue weighted by molar-refractivity contribution is 5.93. The van der Waals surface area contributed by atoms with Crippen LogP contribution in [0.15, 0.2) is 29.3 Å². The van der Waals surface area contributed by atoms with Crippen molar-refractivity contribution >= 4 is 17.6 Å². The molecular weight excluding hydrogens is 252 g/mol. The molecule has 0 atom stereocenters. The molecule has 1 amide bonds. The Hall–Kier alpha value is -2.04. The van der Waals surface area contributed by atoms with Crippen LogP contribution in [0.4, 0.5) is 5.69 Å². The number of hydrogen-bond donors (Lipinski definition) is 3. The first-order chi connectivity index (χ1) is 9.67. The number of aryl methyl sites for hydroxylation is 1. The number of amides is 1. The Balaban J connectivity index is 1.78. The first-order valence-electron chi connectivity index (χ1n) is 7.10. The van der Waals surface area contributed by atoms with E-state index in [4.69, 9.17) is 5.73 Å². The first kappa shape index (κ1) is 14.4. The zero-order chi connectivity index (χ0) is 14.4. The number of nitrogens with two attached hydrogens (primary N) is 1. The second kappa shape index (κ2) is 6.93. The smallest absolute Gasteiger partial charge is 0.241 e. The number of carbonyl (C=O) groups is 1. The summed E-state index contributed by atoms with van der Waals surface area (Å²) in [6, 6.07) is 7.98. The third kappa shape index (κ3) is 4.91. The largest absolute Gasteiger partial charge is 0.370 e. The Morgan fingerprint density at radius 1 is 1.45 bits per heavy atom. The van der Waals surface area contributed by atoms with Crippen LogP contribution in [-0.2, 0) is 11.2 Å². The lowest BCUT2D eigenvalue weighted by Crippen LogP contribution is -2.30. The molecule has 108 valence electrons. The zero-order valence-electron chi connectivity index (χ0n) is 11.9. The third-order valence-corrected chi connectivity index (χ3v) is 3.29. The summed E-state index contributed by atoms with van der Waals surface area (Å²) >= 11 is 0. The number of aliphatic imine (C=N–C) groups is 1. The van der Waals surface area contributed by atoms with E-state index in [2.05, 4.69) is 28.6 Å². The molecule has 1 aromatic carbocycles. The second-order valence-electron chi connectivity index (χ2n) is 5.13. The van der Waals surface area contributed by atoms with Crippen molar-refractivity contribution in [2.45, 2.75) is 26.2 Å². The minimum atomic E-state index is -0.0797. The third-order valence-electron chi connectivity index (χ3n) is 3.29. The topological polar surface area (TPSA) is 79.5 Å². The predicted molar refractivity (Wildman–Crippen MR) is 81.7 cm³/mol. The molecule has 0 spiro atoms. The maximum absolute atomic E-state index is 11.5. The van der Waals surface area contributed by atoms with Crippen molar-refractivity contribution in [2.24, 2.45) is 16.6 Å². The average molecular weight is 274 g/mol. The van der Waals surface area contributed by atoms with Gasteiger partial charge in [-0.25, -0.2) is 4.99 Å². The van der Waals surface area contributed by atoms with E-state index < -0.39 is 0 Å². The van der Waals surface area contributed by atoms with Crippen molar-refractivity contribution in [3.05, 3.63) is 29.8 Å². The summed E-state index contributed by atoms with van der Waals surface area (Å²) in [5.41, 5.74) is 7.89. The molecule has 0 heterocycles. The molecule has 1 saturated carbocycles. The molecule has 0 aromatic heterocycles. The predicted octanol–water partition coefficient (Wildman–Crippen LogP) is 1.50. The van der Waals surface area contributed by atoms with Crippen LogP contribution in [0.5, 0.6) is 0 Å². The van der Waals surface area contributed by atoms with Gasteiger partial charge in [-0.2, -0.15) is 0 Å². The fraction of sp³-hybridized carbons (Fsp3) is 0.467. The van der Waals surface area contributed by atoms with Crippen LogP contribution in [0.2, 0.25) is 0 Å². The van der Waals surface area contributed by atoms with E-state index >= 15 is 0 Å². The second-order valence-corrected chi connectivity index (χ2v) is 5.13. The SMILES string of the molecule is CCc1cccc(NC(N)=NCC(=O)NCC2CC2)c1. The summed E-state index contributed by atoms with van der Waals surface area (Å²) < 4.78 is 0. The number of hydrogen-bond acceptors (Lipinski definition) is 2. The number of nitrogens with zero attached hydrogens (tertiary/aromatic N) is 1. The molecule has 2 rings (SSSR count). The van der Waals surface area contributed by atoms with Gasteiger partial charge in [0.15, 0.2) is 5.96 Å². The van der Waals surface area contributed by atoms with Gasteiger partial charge in [0.05, 0.1) is 0 Å². The maximum Gasteiger partial charge on any atom is 0.241 e. The molecular formula is C15H22N4O. The molecule has 0 bridgehead atoms. The summed E-state index contributed by atoms with van der Waals surface area (Å²) in [5.74, 6) is 0.860. The summed E-state index contributed by atoms with van der Waals surface area (Å²) in [6.45, 7) is 2.93. The molecule has 0 radical (unpaired) electrons. The highest BCUT2D eigenvalue weighted by Gasteiger charge is 2.21. The molecule has 1 aliphatic carbocycles. The molecule has 4 N–H and O–H groups in total. The highest BCUT2D eigenvalue weighted by Crippen LogP contribution is 2.27. The van der Waals surface area contributed by atoms with E-state index in [0.29, 0.717) is 5.92 Å². The van der Waals surface area contributed by atoms with Crippen LogP contribution in [0.1, 0.15) is 25.3 Å². The Labute approximate surface area is 119 Å². The van der Waals surface area contributed by atoms with E-state index in [0.717, 1.165) is 18.7 Å². The Morgan fingerprint density at radius 3 is 2.95 bits per heavy atom. The standard InChI is InChI=1S/C15H22N4O/c1-2-11-4-3-5-13(8-11)19-15(16)18-10-14(20)17-9-12-6-7-12/h3-5,8,12H,2,6-7,9-10H2,1H3,(H,17,20)(H3,16,18,19). The fourth-order valence-corrected chi connectivity index (χ4v) is 1.85. The molecule has 1 aromatic rings. The molecule has 20 heavy (non-hydrogen) atoms. The van der Waals surface area contributed by atoms with Gasteiger partial charge in [-0.1, -0.05) is 19.1 Å². The van der Waals surface area contributed by atoms with Crippen molar-refractivity contribution in [1.29, 1.82) is 0 Å². The average Bonchev–Trinajstić information content (AvgIpc) is 3.27. The molecule has 0 aliphatic heterocycles. The monoisotopic (exact) mass is 274 g/mol. The number of anilines is 1. The van der Waals surface area contributed by atoms with Crippen LogP contribution < -0.4 is 16.4 Å². The van der Waals surface area contributed by atoms with Gasteiger partial charge in [0.1, 0.15) is 6.54 Å². The fourth-order valence-electron chi connectivity index (χ4n) is 1.85. The van der Waals surface area contributed by atoms with Gasteiger partial charge in [0, 0.05) is 12.2 Å². The Kier molecular flexibility index (Phi) is 4.98. The van der Waals surface area contributed by atoms with Crippen LogP contribution >= 0.6 is 0 Å². The van der Waals surface area contributed by atoms with Gasteiger partial charge < -0.3 is 16.4 Å². The summed E-state index contributed by atoms with van der Waals surface area (Å²) in [5, 5.41) is 5.85. The van der Waals surface area contributed by atoms with Crippen LogP contribution in [0.25, 0.3) is 0 Å². The number of guanidine groups is 1. The van der Waals surface area contributed by atoms with Crippen LogP contribution in [0, 0.1) is 5.92 Å². The van der Waals surface area contributed by atoms with Crippen molar-refractivity contribution < 1.29 is 4.79 Å². The van der Waals surface area contributed by atoms with Gasteiger partial charge >= 0.3 is 0 Å². The van der Waals surface area contributed by atoms with E-state index in [-0.39, 0.29) is 18.4 Å². The number of rotatable bonds is 6. The Bertz CT molecular complexity index is 494. The van der Waals surface area contributed by atoms with Gasteiger partial charge in [-0.3, -0.25) is 4.79 Å². The quantitative estimate of drug-likeness (QED) is 0.543.